The standard InChI is InChI=1S/C32H39NO5/c1-6-27(21(2)3)28-18-13-24(22(4)23(28)5)20-38-26-16-14-25(15-17-26)33-32(36)29-10-7-8-11-30(29)37-19-9-12-31(34)35/h7-8,10-11,13-18,21,27H,6,9,12,19-20H2,1-5H3,(H,33,36)(H,34,35). The molecule has 3 aromatic carbocycles. The molecule has 0 saturated heterocycles. The van der Waals surface area contributed by atoms with Crippen LogP contribution in [0.4, 0.5) is 5.69 Å². The smallest absolute Gasteiger partial charge is 0.303 e. The summed E-state index contributed by atoms with van der Waals surface area (Å²) >= 11 is 0. The van der Waals surface area contributed by atoms with Crippen LogP contribution in [0.25, 0.3) is 0 Å². The summed E-state index contributed by atoms with van der Waals surface area (Å²) in [6.45, 7) is 11.9. The molecule has 0 aliphatic heterocycles. The van der Waals surface area contributed by atoms with Gasteiger partial charge in [-0.1, -0.05) is 45.0 Å². The monoisotopic (exact) mass is 517 g/mol. The highest BCUT2D eigenvalue weighted by atomic mass is 16.5. The van der Waals surface area contributed by atoms with Crippen molar-refractivity contribution in [2.24, 2.45) is 5.92 Å². The Morgan fingerprint density at radius 2 is 1.63 bits per heavy atom. The van der Waals surface area contributed by atoms with Crippen LogP contribution in [0, 0.1) is 19.8 Å². The van der Waals surface area contributed by atoms with Crippen LogP contribution in [0.15, 0.2) is 60.7 Å². The second kappa shape index (κ2) is 13.7. The summed E-state index contributed by atoms with van der Waals surface area (Å²) in [7, 11) is 0. The molecule has 0 aliphatic carbocycles. The number of carboxylic acids is 1. The van der Waals surface area contributed by atoms with Crippen molar-refractivity contribution in [2.45, 2.75) is 66.4 Å². The molecule has 0 heterocycles. The van der Waals surface area contributed by atoms with Crippen LogP contribution < -0.4 is 14.8 Å². The van der Waals surface area contributed by atoms with Crippen LogP contribution in [-0.4, -0.2) is 23.6 Å². The normalized spacial score (nSPS) is 11.7. The summed E-state index contributed by atoms with van der Waals surface area (Å²) in [6.07, 6.45) is 1.51. The Morgan fingerprint density at radius 1 is 0.921 bits per heavy atom. The summed E-state index contributed by atoms with van der Waals surface area (Å²) in [5.41, 5.74) is 6.24. The Morgan fingerprint density at radius 3 is 2.29 bits per heavy atom. The number of aliphatic carboxylic acids is 1. The maximum Gasteiger partial charge on any atom is 0.303 e. The van der Waals surface area contributed by atoms with E-state index in [2.05, 4.69) is 52.1 Å². The number of ether oxygens (including phenoxy) is 2. The summed E-state index contributed by atoms with van der Waals surface area (Å²) in [6, 6.07) is 18.6. The highest BCUT2D eigenvalue weighted by Gasteiger charge is 2.18. The van der Waals surface area contributed by atoms with E-state index in [1.165, 1.54) is 22.3 Å². The summed E-state index contributed by atoms with van der Waals surface area (Å²) in [4.78, 5) is 23.6. The van der Waals surface area contributed by atoms with Gasteiger partial charge in [0.2, 0.25) is 0 Å². The zero-order valence-corrected chi connectivity index (χ0v) is 23.0. The Balaban J connectivity index is 1.60. The lowest BCUT2D eigenvalue weighted by atomic mass is 9.82. The van der Waals surface area contributed by atoms with Gasteiger partial charge in [0.05, 0.1) is 12.2 Å². The molecule has 3 rings (SSSR count). The zero-order valence-electron chi connectivity index (χ0n) is 23.0. The van der Waals surface area contributed by atoms with E-state index in [1.807, 2.05) is 12.1 Å². The van der Waals surface area contributed by atoms with E-state index in [1.54, 1.807) is 36.4 Å². The van der Waals surface area contributed by atoms with Crippen molar-refractivity contribution in [2.75, 3.05) is 11.9 Å². The van der Waals surface area contributed by atoms with Gasteiger partial charge in [-0.3, -0.25) is 9.59 Å². The van der Waals surface area contributed by atoms with E-state index >= 15 is 0 Å². The molecule has 1 amide bonds. The number of benzene rings is 3. The van der Waals surface area contributed by atoms with E-state index in [9.17, 15) is 9.59 Å². The van der Waals surface area contributed by atoms with Gasteiger partial charge in [-0.2, -0.15) is 0 Å². The number of carboxylic acid groups (broad SMARTS) is 1. The van der Waals surface area contributed by atoms with Crippen molar-refractivity contribution >= 4 is 17.6 Å². The Hall–Kier alpha value is -3.80. The maximum atomic E-state index is 12.9. The second-order valence-electron chi connectivity index (χ2n) is 9.93. The molecule has 1 atom stereocenters. The number of anilines is 1. The van der Waals surface area contributed by atoms with Gasteiger partial charge in [0.15, 0.2) is 0 Å². The predicted molar refractivity (Wildman–Crippen MR) is 151 cm³/mol. The molecule has 6 heteroatoms. The fourth-order valence-corrected chi connectivity index (χ4v) is 4.69. The molecule has 202 valence electrons. The van der Waals surface area contributed by atoms with Crippen molar-refractivity contribution < 1.29 is 24.2 Å². The predicted octanol–water partition coefficient (Wildman–Crippen LogP) is 7.53. The number of para-hydroxylation sites is 1. The summed E-state index contributed by atoms with van der Waals surface area (Å²) in [5.74, 6) is 1.13. The van der Waals surface area contributed by atoms with Crippen LogP contribution in [0.2, 0.25) is 0 Å². The van der Waals surface area contributed by atoms with Crippen molar-refractivity contribution in [3.8, 4) is 11.5 Å². The average molecular weight is 518 g/mol. The second-order valence-corrected chi connectivity index (χ2v) is 9.93. The SMILES string of the molecule is CCC(c1ccc(COc2ccc(NC(=O)c3ccccc3OCCCC(=O)O)cc2)c(C)c1C)C(C)C. The highest BCUT2D eigenvalue weighted by molar-refractivity contribution is 6.06. The molecule has 0 radical (unpaired) electrons. The van der Waals surface area contributed by atoms with Gasteiger partial charge in [-0.25, -0.2) is 0 Å². The summed E-state index contributed by atoms with van der Waals surface area (Å²) in [5, 5.41) is 11.7. The first kappa shape index (κ1) is 28.8. The topological polar surface area (TPSA) is 84.9 Å². The summed E-state index contributed by atoms with van der Waals surface area (Å²) < 4.78 is 11.7. The van der Waals surface area contributed by atoms with Gasteiger partial charge in [0.25, 0.3) is 5.91 Å². The lowest BCUT2D eigenvalue weighted by Gasteiger charge is -2.24. The maximum absolute atomic E-state index is 12.9. The van der Waals surface area contributed by atoms with E-state index in [-0.39, 0.29) is 18.9 Å². The van der Waals surface area contributed by atoms with Crippen LogP contribution in [0.5, 0.6) is 11.5 Å². The van der Waals surface area contributed by atoms with Gasteiger partial charge in [-0.05, 0) is 97.2 Å². The molecule has 0 aliphatic rings. The number of carbonyl (C=O) groups is 2. The number of nitrogens with one attached hydrogen (secondary N) is 1. The average Bonchev–Trinajstić information content (AvgIpc) is 2.89. The third-order valence-electron chi connectivity index (χ3n) is 7.02. The van der Waals surface area contributed by atoms with Gasteiger partial charge in [-0.15, -0.1) is 0 Å². The molecule has 6 nitrogen and oxygen atoms in total. The van der Waals surface area contributed by atoms with Crippen molar-refractivity contribution in [1.29, 1.82) is 0 Å². The third kappa shape index (κ3) is 7.60. The molecule has 0 spiro atoms. The first-order valence-electron chi connectivity index (χ1n) is 13.3. The molecule has 0 saturated carbocycles. The van der Waals surface area contributed by atoms with Crippen molar-refractivity contribution in [3.05, 3.63) is 88.5 Å². The number of carbonyl (C=O) groups excluding carboxylic acids is 1. The van der Waals surface area contributed by atoms with Crippen molar-refractivity contribution in [3.63, 3.8) is 0 Å². The molecule has 0 fully saturated rings. The van der Waals surface area contributed by atoms with E-state index in [4.69, 9.17) is 14.6 Å². The number of amides is 1. The molecule has 0 aromatic heterocycles. The quantitative estimate of drug-likeness (QED) is 0.229. The van der Waals surface area contributed by atoms with Gasteiger partial charge in [0, 0.05) is 12.1 Å². The van der Waals surface area contributed by atoms with E-state index in [0.717, 1.165) is 12.2 Å². The number of rotatable bonds is 13. The zero-order chi connectivity index (χ0) is 27.7. The first-order chi connectivity index (χ1) is 18.2. The molecule has 2 N–H and O–H groups in total. The van der Waals surface area contributed by atoms with Crippen LogP contribution in [-0.2, 0) is 11.4 Å². The molecule has 0 bridgehead atoms. The first-order valence-corrected chi connectivity index (χ1v) is 13.3. The van der Waals surface area contributed by atoms with E-state index in [0.29, 0.717) is 41.9 Å². The molecule has 3 aromatic rings. The molecular weight excluding hydrogens is 478 g/mol. The van der Waals surface area contributed by atoms with Gasteiger partial charge in [0.1, 0.15) is 18.1 Å². The lowest BCUT2D eigenvalue weighted by Crippen LogP contribution is -2.14. The molecule has 1 unspecified atom stereocenters. The Bertz CT molecular complexity index is 1230. The van der Waals surface area contributed by atoms with Crippen LogP contribution in [0.1, 0.15) is 78.6 Å². The lowest BCUT2D eigenvalue weighted by molar-refractivity contribution is -0.137. The minimum atomic E-state index is -0.873. The minimum absolute atomic E-state index is 0.0186. The number of hydrogen-bond acceptors (Lipinski definition) is 4. The Kier molecular flexibility index (Phi) is 10.3. The number of hydrogen-bond donors (Lipinski definition) is 2. The Labute approximate surface area is 226 Å². The van der Waals surface area contributed by atoms with Gasteiger partial charge >= 0.3 is 5.97 Å². The van der Waals surface area contributed by atoms with Crippen LogP contribution in [0.3, 0.4) is 0 Å². The van der Waals surface area contributed by atoms with Crippen LogP contribution >= 0.6 is 0 Å². The fourth-order valence-electron chi connectivity index (χ4n) is 4.69. The highest BCUT2D eigenvalue weighted by Crippen LogP contribution is 2.32. The minimum Gasteiger partial charge on any atom is -0.493 e. The van der Waals surface area contributed by atoms with E-state index < -0.39 is 5.97 Å². The fraction of sp³-hybridized carbons (Fsp3) is 0.375. The third-order valence-corrected chi connectivity index (χ3v) is 7.02. The molecular formula is C32H39NO5. The largest absolute Gasteiger partial charge is 0.493 e. The van der Waals surface area contributed by atoms with Gasteiger partial charge < -0.3 is 19.9 Å². The van der Waals surface area contributed by atoms with Crippen molar-refractivity contribution in [1.82, 2.24) is 0 Å². The molecule has 38 heavy (non-hydrogen) atoms.